The van der Waals surface area contributed by atoms with Crippen LogP contribution in [-0.4, -0.2) is 41.5 Å². The lowest BCUT2D eigenvalue weighted by atomic mass is 9.94. The summed E-state index contributed by atoms with van der Waals surface area (Å²) in [4.78, 5) is 25.9. The normalized spacial score (nSPS) is 22.2. The van der Waals surface area contributed by atoms with Crippen LogP contribution in [0.1, 0.15) is 45.1 Å². The molecule has 2 atom stereocenters. The zero-order chi connectivity index (χ0) is 17.9. The molecule has 0 unspecified atom stereocenters. The fourth-order valence-electron chi connectivity index (χ4n) is 2.87. The molecule has 1 aliphatic heterocycles. The molecule has 1 aliphatic rings. The lowest BCUT2D eigenvalue weighted by Crippen LogP contribution is -2.46. The van der Waals surface area contributed by atoms with Gasteiger partial charge in [-0.15, -0.1) is 0 Å². The summed E-state index contributed by atoms with van der Waals surface area (Å²) in [5.41, 5.74) is 6.26. The minimum absolute atomic E-state index is 0.0190. The Morgan fingerprint density at radius 3 is 2.50 bits per heavy atom. The molecule has 0 saturated carbocycles. The fraction of sp³-hybridized carbons (Fsp3) is 0.556. The summed E-state index contributed by atoms with van der Waals surface area (Å²) in [6.07, 6.45) is 1.25. The van der Waals surface area contributed by atoms with Crippen LogP contribution in [0, 0.1) is 5.82 Å². The number of amides is 1. The molecule has 1 heterocycles. The SMILES string of the molecule is CC(C)(C)OC(=O)CN1C[C@H](c2ccc(F)cc2)CC[C@@H](N)C1=O. The summed E-state index contributed by atoms with van der Waals surface area (Å²) in [7, 11) is 0. The first-order valence-electron chi connectivity index (χ1n) is 8.17. The third-order valence-corrected chi connectivity index (χ3v) is 3.98. The number of hydrogen-bond donors (Lipinski definition) is 1. The predicted molar refractivity (Wildman–Crippen MR) is 88.8 cm³/mol. The minimum Gasteiger partial charge on any atom is -0.459 e. The second kappa shape index (κ2) is 7.30. The number of carbonyl (C=O) groups excluding carboxylic acids is 2. The van der Waals surface area contributed by atoms with Gasteiger partial charge in [0.15, 0.2) is 0 Å². The van der Waals surface area contributed by atoms with Crippen LogP contribution in [-0.2, 0) is 14.3 Å². The molecule has 2 rings (SSSR count). The second-order valence-electron chi connectivity index (χ2n) is 7.24. The van der Waals surface area contributed by atoms with Crippen molar-refractivity contribution in [2.45, 2.75) is 51.2 Å². The molecule has 0 spiro atoms. The van der Waals surface area contributed by atoms with Crippen molar-refractivity contribution in [3.63, 3.8) is 0 Å². The molecular formula is C18H25FN2O3. The molecule has 0 aliphatic carbocycles. The molecular weight excluding hydrogens is 311 g/mol. The summed E-state index contributed by atoms with van der Waals surface area (Å²) >= 11 is 0. The monoisotopic (exact) mass is 336 g/mol. The maximum Gasteiger partial charge on any atom is 0.326 e. The van der Waals surface area contributed by atoms with Gasteiger partial charge in [0.2, 0.25) is 5.91 Å². The molecule has 24 heavy (non-hydrogen) atoms. The van der Waals surface area contributed by atoms with E-state index in [2.05, 4.69) is 0 Å². The molecule has 1 aromatic carbocycles. The molecule has 0 radical (unpaired) electrons. The Hall–Kier alpha value is -1.95. The first-order valence-corrected chi connectivity index (χ1v) is 8.17. The fourth-order valence-corrected chi connectivity index (χ4v) is 2.87. The van der Waals surface area contributed by atoms with Gasteiger partial charge in [-0.3, -0.25) is 9.59 Å². The Labute approximate surface area is 142 Å². The van der Waals surface area contributed by atoms with E-state index in [4.69, 9.17) is 10.5 Å². The Balaban J connectivity index is 2.13. The molecule has 0 bridgehead atoms. The van der Waals surface area contributed by atoms with Gasteiger partial charge in [-0.1, -0.05) is 12.1 Å². The van der Waals surface area contributed by atoms with E-state index in [1.807, 2.05) is 0 Å². The number of ether oxygens (including phenoxy) is 1. The number of nitrogens with zero attached hydrogens (tertiary/aromatic N) is 1. The topological polar surface area (TPSA) is 72.6 Å². The molecule has 6 heteroatoms. The number of hydrogen-bond acceptors (Lipinski definition) is 4. The van der Waals surface area contributed by atoms with Gasteiger partial charge in [-0.25, -0.2) is 4.39 Å². The third-order valence-electron chi connectivity index (χ3n) is 3.98. The van der Waals surface area contributed by atoms with Gasteiger partial charge in [0.05, 0.1) is 6.04 Å². The van der Waals surface area contributed by atoms with Crippen LogP contribution in [0.4, 0.5) is 4.39 Å². The highest BCUT2D eigenvalue weighted by molar-refractivity contribution is 5.86. The van der Waals surface area contributed by atoms with E-state index in [0.29, 0.717) is 19.4 Å². The van der Waals surface area contributed by atoms with Gasteiger partial charge in [-0.05, 0) is 51.3 Å². The first-order chi connectivity index (χ1) is 11.2. The van der Waals surface area contributed by atoms with Crippen molar-refractivity contribution in [2.75, 3.05) is 13.1 Å². The summed E-state index contributed by atoms with van der Waals surface area (Å²) < 4.78 is 18.4. The molecule has 5 nitrogen and oxygen atoms in total. The number of halogens is 1. The van der Waals surface area contributed by atoms with Crippen molar-refractivity contribution >= 4 is 11.9 Å². The third kappa shape index (κ3) is 5.03. The Morgan fingerprint density at radius 1 is 1.29 bits per heavy atom. The summed E-state index contributed by atoms with van der Waals surface area (Å²) in [5, 5.41) is 0. The van der Waals surface area contributed by atoms with Crippen molar-refractivity contribution in [1.82, 2.24) is 4.90 Å². The molecule has 0 aromatic heterocycles. The van der Waals surface area contributed by atoms with Gasteiger partial charge in [0, 0.05) is 12.5 Å². The average Bonchev–Trinajstić information content (AvgIpc) is 2.60. The van der Waals surface area contributed by atoms with Gasteiger partial charge in [0.1, 0.15) is 18.0 Å². The number of rotatable bonds is 3. The van der Waals surface area contributed by atoms with E-state index in [1.54, 1.807) is 32.9 Å². The zero-order valence-corrected chi connectivity index (χ0v) is 14.4. The molecule has 1 amide bonds. The summed E-state index contributed by atoms with van der Waals surface area (Å²) in [5.74, 6) is -0.982. The van der Waals surface area contributed by atoms with Gasteiger partial charge in [-0.2, -0.15) is 0 Å². The van der Waals surface area contributed by atoms with Crippen molar-refractivity contribution < 1.29 is 18.7 Å². The zero-order valence-electron chi connectivity index (χ0n) is 14.4. The van der Waals surface area contributed by atoms with Gasteiger partial charge < -0.3 is 15.4 Å². The number of benzene rings is 1. The van der Waals surface area contributed by atoms with Crippen LogP contribution >= 0.6 is 0 Å². The van der Waals surface area contributed by atoms with E-state index >= 15 is 0 Å². The highest BCUT2D eigenvalue weighted by Gasteiger charge is 2.31. The smallest absolute Gasteiger partial charge is 0.326 e. The van der Waals surface area contributed by atoms with Gasteiger partial charge in [0.25, 0.3) is 0 Å². The molecule has 132 valence electrons. The Bertz CT molecular complexity index is 595. The van der Waals surface area contributed by atoms with E-state index in [9.17, 15) is 14.0 Å². The van der Waals surface area contributed by atoms with Crippen LogP contribution in [0.2, 0.25) is 0 Å². The van der Waals surface area contributed by atoms with Crippen molar-refractivity contribution in [1.29, 1.82) is 0 Å². The van der Waals surface area contributed by atoms with Crippen molar-refractivity contribution in [3.05, 3.63) is 35.6 Å². The van der Waals surface area contributed by atoms with E-state index in [0.717, 1.165) is 5.56 Å². The highest BCUT2D eigenvalue weighted by Crippen LogP contribution is 2.27. The molecule has 1 aromatic rings. The van der Waals surface area contributed by atoms with Crippen LogP contribution < -0.4 is 5.73 Å². The summed E-state index contributed by atoms with van der Waals surface area (Å²) in [6.45, 7) is 5.59. The van der Waals surface area contributed by atoms with Crippen LogP contribution in [0.5, 0.6) is 0 Å². The number of likely N-dealkylation sites (tertiary alicyclic amines) is 1. The van der Waals surface area contributed by atoms with Crippen LogP contribution in [0.25, 0.3) is 0 Å². The first kappa shape index (κ1) is 18.4. The van der Waals surface area contributed by atoms with Crippen molar-refractivity contribution in [3.8, 4) is 0 Å². The number of carbonyl (C=O) groups is 2. The maximum atomic E-state index is 13.1. The van der Waals surface area contributed by atoms with E-state index in [-0.39, 0.29) is 24.2 Å². The van der Waals surface area contributed by atoms with Crippen LogP contribution in [0.3, 0.4) is 0 Å². The molecule has 2 N–H and O–H groups in total. The quantitative estimate of drug-likeness (QED) is 0.859. The van der Waals surface area contributed by atoms with E-state index < -0.39 is 17.6 Å². The average molecular weight is 336 g/mol. The minimum atomic E-state index is -0.627. The molecule has 1 fully saturated rings. The largest absolute Gasteiger partial charge is 0.459 e. The highest BCUT2D eigenvalue weighted by atomic mass is 19.1. The Morgan fingerprint density at radius 2 is 1.92 bits per heavy atom. The van der Waals surface area contributed by atoms with Crippen LogP contribution in [0.15, 0.2) is 24.3 Å². The number of esters is 1. The summed E-state index contributed by atoms with van der Waals surface area (Å²) in [6, 6.07) is 5.61. The maximum absolute atomic E-state index is 13.1. The van der Waals surface area contributed by atoms with Crippen molar-refractivity contribution in [2.24, 2.45) is 5.73 Å². The second-order valence-corrected chi connectivity index (χ2v) is 7.24. The lowest BCUT2D eigenvalue weighted by Gasteiger charge is -2.27. The standard InChI is InChI=1S/C18H25FN2O3/c1-18(2,3)24-16(22)11-21-10-13(6-9-15(20)17(21)23)12-4-7-14(19)8-5-12/h4-5,7-8,13,15H,6,9-11,20H2,1-3H3/t13-,15-/m1/s1. The molecule has 1 saturated heterocycles. The van der Waals surface area contributed by atoms with Gasteiger partial charge >= 0.3 is 5.97 Å². The number of nitrogens with two attached hydrogens (primary N) is 1. The Kier molecular flexibility index (Phi) is 5.59. The lowest BCUT2D eigenvalue weighted by molar-refractivity contribution is -0.159. The predicted octanol–water partition coefficient (Wildman–Crippen LogP) is 2.20. The van der Waals surface area contributed by atoms with E-state index in [1.165, 1.54) is 17.0 Å².